The third-order valence-corrected chi connectivity index (χ3v) is 11.1. The average molecular weight is 600 g/mol. The number of phenols is 1. The molecule has 0 spiro atoms. The lowest BCUT2D eigenvalue weighted by Gasteiger charge is -2.54. The summed E-state index contributed by atoms with van der Waals surface area (Å²) in [6, 6.07) is 15.1. The number of nitrogens with one attached hydrogen (secondary N) is 1. The predicted octanol–water partition coefficient (Wildman–Crippen LogP) is 6.07. The number of fused-ring (bicyclic) bond motifs is 1. The van der Waals surface area contributed by atoms with Crippen molar-refractivity contribution in [1.29, 1.82) is 0 Å². The first-order chi connectivity index (χ1) is 21.3. The molecule has 2 aliphatic heterocycles. The van der Waals surface area contributed by atoms with Gasteiger partial charge in [-0.15, -0.1) is 0 Å². The van der Waals surface area contributed by atoms with Gasteiger partial charge in [0.15, 0.2) is 0 Å². The van der Waals surface area contributed by atoms with Gasteiger partial charge in [0.25, 0.3) is 0 Å². The second-order valence-corrected chi connectivity index (χ2v) is 13.4. The number of likely N-dealkylation sites (tertiary alicyclic amines) is 2. The van der Waals surface area contributed by atoms with Crippen molar-refractivity contribution in [1.82, 2.24) is 14.8 Å². The molecule has 3 fully saturated rings. The maximum atomic E-state index is 11.7. The number of aromatic amines is 1. The Morgan fingerprint density at radius 1 is 1.05 bits per heavy atom. The van der Waals surface area contributed by atoms with E-state index in [0.717, 1.165) is 42.4 Å². The number of piperidine rings is 2. The van der Waals surface area contributed by atoms with E-state index in [1.807, 2.05) is 18.2 Å². The molecule has 2 saturated heterocycles. The number of nitrogens with zero attached hydrogens (tertiary/aromatic N) is 2. The molecule has 6 rings (SSSR count). The molecule has 1 saturated carbocycles. The number of rotatable bonds is 9. The number of H-pyrrole nitrogens is 1. The van der Waals surface area contributed by atoms with Gasteiger partial charge in [-0.1, -0.05) is 31.5 Å². The molecule has 0 unspecified atom stereocenters. The molecule has 0 atom stereocenters. The van der Waals surface area contributed by atoms with E-state index in [1.165, 1.54) is 64.3 Å². The number of nitrogen functional groups attached to an aromatic ring is 1. The van der Waals surface area contributed by atoms with E-state index in [0.29, 0.717) is 46.9 Å². The number of carbonyl (C=O) groups is 1. The van der Waals surface area contributed by atoms with Crippen LogP contribution in [-0.4, -0.2) is 71.2 Å². The first-order valence-electron chi connectivity index (χ1n) is 16.5. The van der Waals surface area contributed by atoms with Gasteiger partial charge in [-0.2, -0.15) is 0 Å². The molecular formula is C36H49N5O3. The van der Waals surface area contributed by atoms with E-state index in [9.17, 15) is 9.90 Å². The largest absolute Gasteiger partial charge is 0.507 e. The highest BCUT2D eigenvalue weighted by molar-refractivity contribution is 5.99. The predicted molar refractivity (Wildman–Crippen MR) is 178 cm³/mol. The lowest BCUT2D eigenvalue weighted by Crippen LogP contribution is -2.55. The highest BCUT2D eigenvalue weighted by atomic mass is 16.5. The summed E-state index contributed by atoms with van der Waals surface area (Å²) in [4.78, 5) is 20.5. The Kier molecular flexibility index (Phi) is 8.92. The molecule has 3 heterocycles. The van der Waals surface area contributed by atoms with Crippen molar-refractivity contribution in [2.24, 2.45) is 11.1 Å². The highest BCUT2D eigenvalue weighted by Crippen LogP contribution is 2.50. The number of hydrogen-bond donors (Lipinski definition) is 4. The molecule has 1 aliphatic carbocycles. The van der Waals surface area contributed by atoms with Crippen LogP contribution in [0.25, 0.3) is 22.7 Å². The van der Waals surface area contributed by atoms with Crippen LogP contribution in [0, 0.1) is 5.41 Å². The van der Waals surface area contributed by atoms with Crippen LogP contribution in [0.5, 0.6) is 5.75 Å². The van der Waals surface area contributed by atoms with Crippen molar-refractivity contribution in [3.8, 4) is 5.75 Å². The van der Waals surface area contributed by atoms with Crippen LogP contribution in [-0.2, 0) is 9.53 Å². The number of benzene rings is 2. The summed E-state index contributed by atoms with van der Waals surface area (Å²) >= 11 is 0. The molecular weight excluding hydrogens is 550 g/mol. The smallest absolute Gasteiger partial charge is 0.305 e. The van der Waals surface area contributed by atoms with Gasteiger partial charge in [-0.25, -0.2) is 0 Å². The zero-order valence-corrected chi connectivity index (χ0v) is 26.4. The molecule has 8 heteroatoms. The number of hydrogen-bond acceptors (Lipinski definition) is 7. The van der Waals surface area contributed by atoms with E-state index in [2.05, 4.69) is 39.9 Å². The van der Waals surface area contributed by atoms with Crippen LogP contribution in [0.1, 0.15) is 87.3 Å². The molecule has 44 heavy (non-hydrogen) atoms. The first-order valence-corrected chi connectivity index (χ1v) is 16.5. The standard InChI is InChI=1S/C36H49N5O3/c1-3-36(15-10-34(43)44-2)22-27(23-36)41-18-13-26(14-19-41)40-16-11-24(12-17-40)25-8-9-32-29(20-25)30(35(38)39-32)21-31(37)28-6-4-5-7-33(28)42/h4-9,20-21,24,26-27,39,42H,3,10-19,22-23,37-38H2,1-2H3/b31-21-. The molecule has 8 nitrogen and oxygen atoms in total. The number of ether oxygens (including phenoxy) is 1. The SMILES string of the molecule is CCC1(CCC(=O)OC)CC(N2CCC(N3CCC(c4ccc5[nH]c(N)c(/C=C(\N)c6ccccc6O)c5c4)CC3)CC2)C1. The minimum absolute atomic E-state index is 0.0756. The van der Waals surface area contributed by atoms with Crippen molar-refractivity contribution in [3.05, 3.63) is 59.2 Å². The number of phenolic OH excluding ortho intramolecular Hbond substituents is 1. The van der Waals surface area contributed by atoms with E-state index in [4.69, 9.17) is 16.2 Å². The summed E-state index contributed by atoms with van der Waals surface area (Å²) in [5.74, 6) is 1.20. The van der Waals surface area contributed by atoms with Gasteiger partial charge in [0.05, 0.1) is 7.11 Å². The Labute approximate surface area is 261 Å². The van der Waals surface area contributed by atoms with Gasteiger partial charge in [-0.05, 0) is 118 Å². The van der Waals surface area contributed by atoms with Crippen LogP contribution < -0.4 is 11.5 Å². The minimum Gasteiger partial charge on any atom is -0.507 e. The summed E-state index contributed by atoms with van der Waals surface area (Å²) in [5, 5.41) is 11.3. The van der Waals surface area contributed by atoms with E-state index in [1.54, 1.807) is 12.1 Å². The first kappa shape index (κ1) is 30.5. The number of methoxy groups -OCH3 is 1. The van der Waals surface area contributed by atoms with Crippen LogP contribution in [0.4, 0.5) is 5.82 Å². The summed E-state index contributed by atoms with van der Waals surface area (Å²) in [7, 11) is 1.49. The zero-order valence-electron chi connectivity index (χ0n) is 26.4. The third-order valence-electron chi connectivity index (χ3n) is 11.1. The molecule has 0 amide bonds. The topological polar surface area (TPSA) is 121 Å². The highest BCUT2D eigenvalue weighted by Gasteiger charge is 2.46. The Hall–Kier alpha value is -3.49. The van der Waals surface area contributed by atoms with Gasteiger partial charge < -0.3 is 36.1 Å². The summed E-state index contributed by atoms with van der Waals surface area (Å²) < 4.78 is 4.88. The fraction of sp³-hybridized carbons (Fsp3) is 0.528. The number of aromatic nitrogens is 1. The molecule has 6 N–H and O–H groups in total. The summed E-state index contributed by atoms with van der Waals surface area (Å²) in [6.45, 7) is 6.95. The van der Waals surface area contributed by atoms with Gasteiger partial charge in [0.1, 0.15) is 11.6 Å². The summed E-state index contributed by atoms with van der Waals surface area (Å²) in [6.07, 6.45) is 11.8. The van der Waals surface area contributed by atoms with Crippen molar-refractivity contribution in [2.75, 3.05) is 39.0 Å². The number of carbonyl (C=O) groups excluding carboxylic acids is 1. The van der Waals surface area contributed by atoms with Crippen molar-refractivity contribution in [3.63, 3.8) is 0 Å². The number of nitrogens with two attached hydrogens (primary N) is 2. The Morgan fingerprint density at radius 2 is 1.73 bits per heavy atom. The fourth-order valence-electron chi connectivity index (χ4n) is 8.16. The Bertz CT molecular complexity index is 1490. The molecule has 3 aromatic rings. The second kappa shape index (κ2) is 12.9. The van der Waals surface area contributed by atoms with E-state index < -0.39 is 0 Å². The Morgan fingerprint density at radius 3 is 2.41 bits per heavy atom. The molecule has 2 aromatic carbocycles. The molecule has 0 radical (unpaired) electrons. The molecule has 1 aromatic heterocycles. The number of esters is 1. The van der Waals surface area contributed by atoms with Crippen LogP contribution in [0.2, 0.25) is 0 Å². The normalized spacial score (nSPS) is 24.4. The number of anilines is 1. The maximum absolute atomic E-state index is 11.7. The number of para-hydroxylation sites is 1. The zero-order chi connectivity index (χ0) is 30.8. The molecule has 0 bridgehead atoms. The van der Waals surface area contributed by atoms with E-state index >= 15 is 0 Å². The second-order valence-electron chi connectivity index (χ2n) is 13.4. The average Bonchev–Trinajstić information content (AvgIpc) is 3.34. The van der Waals surface area contributed by atoms with Crippen molar-refractivity contribution >= 4 is 34.5 Å². The van der Waals surface area contributed by atoms with Gasteiger partial charge >= 0.3 is 5.97 Å². The van der Waals surface area contributed by atoms with Crippen LogP contribution >= 0.6 is 0 Å². The molecule has 3 aliphatic rings. The quantitative estimate of drug-likeness (QED) is 0.220. The fourth-order valence-corrected chi connectivity index (χ4v) is 8.16. The summed E-state index contributed by atoms with van der Waals surface area (Å²) in [5.41, 5.74) is 17.5. The van der Waals surface area contributed by atoms with Crippen LogP contribution in [0.15, 0.2) is 42.5 Å². The van der Waals surface area contributed by atoms with Gasteiger partial charge in [0.2, 0.25) is 0 Å². The van der Waals surface area contributed by atoms with Crippen molar-refractivity contribution < 1.29 is 14.6 Å². The number of aromatic hydroxyl groups is 1. The lowest BCUT2D eigenvalue weighted by molar-refractivity contribution is -0.142. The third kappa shape index (κ3) is 6.20. The van der Waals surface area contributed by atoms with Gasteiger partial charge in [0, 0.05) is 46.2 Å². The van der Waals surface area contributed by atoms with Crippen LogP contribution in [0.3, 0.4) is 0 Å². The molecule has 236 valence electrons. The maximum Gasteiger partial charge on any atom is 0.305 e. The monoisotopic (exact) mass is 599 g/mol. The van der Waals surface area contributed by atoms with E-state index in [-0.39, 0.29) is 11.7 Å². The minimum atomic E-state index is -0.0756. The van der Waals surface area contributed by atoms with Crippen molar-refractivity contribution in [2.45, 2.75) is 82.7 Å². The Balaban J connectivity index is 1.03. The lowest BCUT2D eigenvalue weighted by atomic mass is 9.61. The van der Waals surface area contributed by atoms with Gasteiger partial charge in [-0.3, -0.25) is 4.79 Å².